The average molecular weight is 792 g/mol. The van der Waals surface area contributed by atoms with Gasteiger partial charge >= 0.3 is 0 Å². The van der Waals surface area contributed by atoms with E-state index in [-0.39, 0.29) is 16.2 Å². The lowest BCUT2D eigenvalue weighted by Gasteiger charge is -2.26. The highest BCUT2D eigenvalue weighted by Crippen LogP contribution is 2.55. The summed E-state index contributed by atoms with van der Waals surface area (Å²) in [6.07, 6.45) is 0. The van der Waals surface area contributed by atoms with E-state index in [2.05, 4.69) is 190 Å². The van der Waals surface area contributed by atoms with Crippen molar-refractivity contribution in [3.05, 3.63) is 146 Å². The van der Waals surface area contributed by atoms with Crippen LogP contribution in [0.15, 0.2) is 118 Å². The van der Waals surface area contributed by atoms with Crippen LogP contribution >= 0.6 is 31.9 Å². The minimum Gasteiger partial charge on any atom is -0.398 e. The Morgan fingerprint density at radius 3 is 1.14 bits per heavy atom. The molecule has 0 bridgehead atoms. The monoisotopic (exact) mass is 789 g/mol. The average Bonchev–Trinajstić information content (AvgIpc) is 3.42. The number of benzene rings is 7. The maximum absolute atomic E-state index is 7.38. The molecule has 9 rings (SSSR count). The van der Waals surface area contributed by atoms with Crippen LogP contribution in [-0.4, -0.2) is 0 Å². The van der Waals surface area contributed by atoms with Gasteiger partial charge in [-0.15, -0.1) is 0 Å². The summed E-state index contributed by atoms with van der Waals surface area (Å²) in [7, 11) is 0. The Hall–Kier alpha value is -4.18. The highest BCUT2D eigenvalue weighted by molar-refractivity contribution is 9.11. The zero-order valence-electron chi connectivity index (χ0n) is 30.2. The summed E-state index contributed by atoms with van der Waals surface area (Å²) in [6, 6.07) is 41.0. The van der Waals surface area contributed by atoms with Gasteiger partial charge in [-0.25, -0.2) is 0 Å². The van der Waals surface area contributed by atoms with E-state index in [9.17, 15) is 0 Å². The maximum atomic E-state index is 7.38. The molecule has 7 aromatic rings. The van der Waals surface area contributed by atoms with Crippen molar-refractivity contribution < 1.29 is 0 Å². The first-order valence-electron chi connectivity index (χ1n) is 17.8. The van der Waals surface area contributed by atoms with Gasteiger partial charge < -0.3 is 5.73 Å². The van der Waals surface area contributed by atoms with E-state index < -0.39 is 0 Å². The highest BCUT2D eigenvalue weighted by Gasteiger charge is 2.38. The number of rotatable bonds is 2. The smallest absolute Gasteiger partial charge is 0.0474 e. The SMILES string of the molecule is CC(C)(C)c1cc(-c2cc3c(cc2Br)-c2cc4ccccc4cc2C3(C)C)c(N)c(-c2cc3c(cc2Br)-c2cc4ccccc4cc2C3(C)C)c1. The van der Waals surface area contributed by atoms with Gasteiger partial charge in [-0.3, -0.25) is 0 Å². The van der Waals surface area contributed by atoms with Gasteiger partial charge in [0.05, 0.1) is 0 Å². The van der Waals surface area contributed by atoms with Gasteiger partial charge in [-0.05, 0) is 149 Å². The Morgan fingerprint density at radius 1 is 0.431 bits per heavy atom. The summed E-state index contributed by atoms with van der Waals surface area (Å²) in [5.74, 6) is 0. The van der Waals surface area contributed by atoms with E-state index in [1.54, 1.807) is 0 Å². The normalized spacial score (nSPS) is 15.2. The molecule has 0 heterocycles. The lowest BCUT2D eigenvalue weighted by atomic mass is 9.79. The fraction of sp³-hybridized carbons (Fsp3) is 0.208. The van der Waals surface area contributed by atoms with Crippen molar-refractivity contribution in [2.75, 3.05) is 5.73 Å². The fourth-order valence-corrected chi connectivity index (χ4v) is 9.94. The summed E-state index contributed by atoms with van der Waals surface area (Å²) >= 11 is 8.11. The van der Waals surface area contributed by atoms with Gasteiger partial charge in [0.1, 0.15) is 0 Å². The van der Waals surface area contributed by atoms with Crippen molar-refractivity contribution in [3.8, 4) is 44.5 Å². The summed E-state index contributed by atoms with van der Waals surface area (Å²) in [4.78, 5) is 0. The van der Waals surface area contributed by atoms with Crippen LogP contribution in [0.25, 0.3) is 66.1 Å². The minimum absolute atomic E-state index is 0.0885. The molecule has 2 aliphatic rings. The molecular weight excluding hydrogens is 750 g/mol. The number of halogens is 2. The quantitative estimate of drug-likeness (QED) is 0.173. The van der Waals surface area contributed by atoms with Crippen molar-refractivity contribution in [3.63, 3.8) is 0 Å². The van der Waals surface area contributed by atoms with Crippen molar-refractivity contribution >= 4 is 59.1 Å². The lowest BCUT2D eigenvalue weighted by molar-refractivity contribution is 0.591. The van der Waals surface area contributed by atoms with E-state index in [1.165, 1.54) is 71.6 Å². The molecule has 0 spiro atoms. The number of nitrogen functional groups attached to an aromatic ring is 1. The number of fused-ring (bicyclic) bond motifs is 8. The summed E-state index contributed by atoms with van der Waals surface area (Å²) < 4.78 is 2.11. The van der Waals surface area contributed by atoms with E-state index in [4.69, 9.17) is 5.73 Å². The first-order valence-corrected chi connectivity index (χ1v) is 19.4. The van der Waals surface area contributed by atoms with Crippen LogP contribution in [0.5, 0.6) is 0 Å². The predicted octanol–water partition coefficient (Wildman–Crippen LogP) is 14.3. The summed E-state index contributed by atoms with van der Waals surface area (Å²) in [5, 5.41) is 5.10. The molecular formula is C48H41Br2N. The third kappa shape index (κ3) is 4.77. The molecule has 7 aromatic carbocycles. The lowest BCUT2D eigenvalue weighted by Crippen LogP contribution is -2.16. The molecule has 252 valence electrons. The molecule has 0 saturated carbocycles. The molecule has 2 aliphatic carbocycles. The van der Waals surface area contributed by atoms with Crippen molar-refractivity contribution in [2.45, 2.75) is 64.7 Å². The Morgan fingerprint density at radius 2 is 0.765 bits per heavy atom. The van der Waals surface area contributed by atoms with Gasteiger partial charge in [0.2, 0.25) is 0 Å². The molecule has 0 fully saturated rings. The van der Waals surface area contributed by atoms with Crippen LogP contribution in [0.2, 0.25) is 0 Å². The Bertz CT molecular complexity index is 2480. The van der Waals surface area contributed by atoms with Crippen LogP contribution in [0.3, 0.4) is 0 Å². The van der Waals surface area contributed by atoms with E-state index in [0.717, 1.165) is 36.9 Å². The van der Waals surface area contributed by atoms with Crippen LogP contribution < -0.4 is 5.73 Å². The van der Waals surface area contributed by atoms with Crippen LogP contribution in [0, 0.1) is 0 Å². The van der Waals surface area contributed by atoms with E-state index >= 15 is 0 Å². The Kier molecular flexibility index (Phi) is 7.00. The van der Waals surface area contributed by atoms with Crippen LogP contribution in [-0.2, 0) is 16.2 Å². The summed E-state index contributed by atoms with van der Waals surface area (Å²) in [6.45, 7) is 16.3. The third-order valence-electron chi connectivity index (χ3n) is 11.9. The molecule has 0 unspecified atom stereocenters. The fourth-order valence-electron chi connectivity index (χ4n) is 8.82. The topological polar surface area (TPSA) is 26.0 Å². The van der Waals surface area contributed by atoms with Crippen LogP contribution in [0.1, 0.15) is 76.3 Å². The predicted molar refractivity (Wildman–Crippen MR) is 226 cm³/mol. The molecule has 0 aliphatic heterocycles. The zero-order chi connectivity index (χ0) is 35.8. The first-order chi connectivity index (χ1) is 24.1. The standard InChI is InChI=1S/C48H41Br2N/c1-46(2,3)30-20-37(35-22-41-33(24-43(35)49)31-16-26-12-8-10-14-28(26)18-39(31)47(41,4)5)45(51)38(21-30)36-23-42-34(25-44(36)50)32-17-27-13-9-11-15-29(27)19-40(32)48(42,6)7/h8-25H,51H2,1-7H3. The molecule has 51 heavy (non-hydrogen) atoms. The van der Waals surface area contributed by atoms with Crippen molar-refractivity contribution in [1.82, 2.24) is 0 Å². The van der Waals surface area contributed by atoms with E-state index in [1.807, 2.05) is 0 Å². The van der Waals surface area contributed by atoms with Gasteiger partial charge in [0.15, 0.2) is 0 Å². The number of anilines is 1. The minimum atomic E-state index is -0.155. The van der Waals surface area contributed by atoms with Gasteiger partial charge in [-0.1, -0.05) is 129 Å². The molecule has 0 radical (unpaired) electrons. The first kappa shape index (κ1) is 32.7. The molecule has 0 saturated heterocycles. The van der Waals surface area contributed by atoms with Gasteiger partial charge in [0, 0.05) is 36.6 Å². The number of hydrogen-bond acceptors (Lipinski definition) is 1. The second kappa shape index (κ2) is 10.9. The Balaban J connectivity index is 1.24. The zero-order valence-corrected chi connectivity index (χ0v) is 33.4. The second-order valence-electron chi connectivity index (χ2n) is 16.7. The van der Waals surface area contributed by atoms with Crippen molar-refractivity contribution in [1.29, 1.82) is 0 Å². The highest BCUT2D eigenvalue weighted by atomic mass is 79.9. The largest absolute Gasteiger partial charge is 0.398 e. The van der Waals surface area contributed by atoms with Gasteiger partial charge in [-0.2, -0.15) is 0 Å². The van der Waals surface area contributed by atoms with Crippen molar-refractivity contribution in [2.24, 2.45) is 0 Å². The molecule has 2 N–H and O–H groups in total. The molecule has 0 aromatic heterocycles. The summed E-state index contributed by atoms with van der Waals surface area (Å²) in [5.41, 5.74) is 24.0. The third-order valence-corrected chi connectivity index (χ3v) is 13.2. The second-order valence-corrected chi connectivity index (χ2v) is 18.4. The molecule has 1 nitrogen and oxygen atoms in total. The number of hydrogen-bond donors (Lipinski definition) is 1. The number of nitrogens with two attached hydrogens (primary N) is 1. The van der Waals surface area contributed by atoms with E-state index in [0.29, 0.717) is 0 Å². The Labute approximate surface area is 318 Å². The maximum Gasteiger partial charge on any atom is 0.0474 e. The molecule has 0 amide bonds. The molecule has 0 atom stereocenters. The molecule has 3 heteroatoms. The van der Waals surface area contributed by atoms with Crippen LogP contribution in [0.4, 0.5) is 5.69 Å². The van der Waals surface area contributed by atoms with Gasteiger partial charge in [0.25, 0.3) is 0 Å².